The summed E-state index contributed by atoms with van der Waals surface area (Å²) in [5.41, 5.74) is 1.85. The number of pyridine rings is 1. The number of rotatable bonds is 4. The molecule has 0 radical (unpaired) electrons. The molecule has 1 aromatic heterocycles. The third-order valence-electron chi connectivity index (χ3n) is 2.52. The van der Waals surface area contributed by atoms with Gasteiger partial charge in [-0.2, -0.15) is 0 Å². The number of aromatic nitrogens is 1. The highest BCUT2D eigenvalue weighted by molar-refractivity contribution is 5.94. The van der Waals surface area contributed by atoms with E-state index in [1.165, 1.54) is 6.20 Å². The van der Waals surface area contributed by atoms with Crippen LogP contribution in [0, 0.1) is 6.92 Å². The molecule has 1 rings (SSSR count). The Balaban J connectivity index is 3.27. The zero-order valence-corrected chi connectivity index (χ0v) is 10.2. The van der Waals surface area contributed by atoms with E-state index < -0.39 is 5.97 Å². The van der Waals surface area contributed by atoms with Crippen LogP contribution >= 0.6 is 0 Å². The summed E-state index contributed by atoms with van der Waals surface area (Å²) in [7, 11) is 0. The minimum absolute atomic E-state index is 0.265. The molecule has 0 aliphatic rings. The van der Waals surface area contributed by atoms with Crippen molar-refractivity contribution in [1.82, 2.24) is 4.98 Å². The molecule has 0 saturated heterocycles. The molecule has 0 unspecified atom stereocenters. The zero-order valence-electron chi connectivity index (χ0n) is 10.2. The zero-order chi connectivity index (χ0) is 12.3. The fourth-order valence-electron chi connectivity index (χ4n) is 1.76. The molecule has 0 aliphatic heterocycles. The van der Waals surface area contributed by atoms with Crippen LogP contribution in [0.25, 0.3) is 0 Å². The van der Waals surface area contributed by atoms with E-state index in [2.05, 4.69) is 9.88 Å². The number of carboxylic acids is 1. The van der Waals surface area contributed by atoms with Crippen LogP contribution in [0.3, 0.4) is 0 Å². The first kappa shape index (κ1) is 12.5. The first-order chi connectivity index (χ1) is 7.47. The Morgan fingerprint density at radius 3 is 2.62 bits per heavy atom. The third kappa shape index (κ3) is 2.51. The lowest BCUT2D eigenvalue weighted by Crippen LogP contribution is -2.32. The second-order valence-electron chi connectivity index (χ2n) is 4.03. The summed E-state index contributed by atoms with van der Waals surface area (Å²) in [6.07, 6.45) is 1.43. The molecule has 0 amide bonds. The Kier molecular flexibility index (Phi) is 3.88. The van der Waals surface area contributed by atoms with Gasteiger partial charge in [0.05, 0.1) is 5.69 Å². The van der Waals surface area contributed by atoms with Gasteiger partial charge in [-0.1, -0.05) is 0 Å². The summed E-state index contributed by atoms with van der Waals surface area (Å²) in [5, 5.41) is 9.12. The second-order valence-corrected chi connectivity index (χ2v) is 4.03. The van der Waals surface area contributed by atoms with Gasteiger partial charge in [-0.05, 0) is 33.8 Å². The number of aromatic carboxylic acids is 1. The summed E-state index contributed by atoms with van der Waals surface area (Å²) in [4.78, 5) is 17.2. The number of carbonyl (C=O) groups is 1. The Hall–Kier alpha value is -1.58. The maximum Gasteiger partial charge on any atom is 0.339 e. The van der Waals surface area contributed by atoms with Gasteiger partial charge in [0.15, 0.2) is 0 Å². The highest BCUT2D eigenvalue weighted by Crippen LogP contribution is 2.22. The van der Waals surface area contributed by atoms with Crippen LogP contribution in [0.1, 0.15) is 36.8 Å². The van der Waals surface area contributed by atoms with Crippen molar-refractivity contribution in [2.24, 2.45) is 0 Å². The molecule has 0 spiro atoms. The largest absolute Gasteiger partial charge is 0.478 e. The average Bonchev–Trinajstić information content (AvgIpc) is 2.17. The molecule has 16 heavy (non-hydrogen) atoms. The van der Waals surface area contributed by atoms with E-state index in [4.69, 9.17) is 5.11 Å². The fraction of sp³-hybridized carbons (Fsp3) is 0.500. The van der Waals surface area contributed by atoms with Gasteiger partial charge in [0.1, 0.15) is 5.56 Å². The molecule has 0 bridgehead atoms. The number of carboxylic acid groups (broad SMARTS) is 1. The SMILES string of the molecule is CCN(c1cc(C)ncc1C(=O)O)C(C)C. The van der Waals surface area contributed by atoms with Gasteiger partial charge >= 0.3 is 5.97 Å². The van der Waals surface area contributed by atoms with Crippen LogP contribution in [-0.2, 0) is 0 Å². The highest BCUT2D eigenvalue weighted by atomic mass is 16.4. The van der Waals surface area contributed by atoms with Gasteiger partial charge in [0.25, 0.3) is 0 Å². The van der Waals surface area contributed by atoms with Gasteiger partial charge in [0, 0.05) is 24.5 Å². The number of nitrogens with zero attached hydrogens (tertiary/aromatic N) is 2. The summed E-state index contributed by atoms with van der Waals surface area (Å²) in [6.45, 7) is 8.75. The lowest BCUT2D eigenvalue weighted by Gasteiger charge is -2.28. The molecule has 88 valence electrons. The van der Waals surface area contributed by atoms with E-state index in [0.717, 1.165) is 17.9 Å². The molecular weight excluding hydrogens is 204 g/mol. The predicted octanol–water partition coefficient (Wildman–Crippen LogP) is 2.32. The number of hydrogen-bond donors (Lipinski definition) is 1. The van der Waals surface area contributed by atoms with Crippen molar-refractivity contribution in [3.05, 3.63) is 23.5 Å². The minimum Gasteiger partial charge on any atom is -0.478 e. The summed E-state index contributed by atoms with van der Waals surface area (Å²) >= 11 is 0. The van der Waals surface area contributed by atoms with Crippen molar-refractivity contribution < 1.29 is 9.90 Å². The van der Waals surface area contributed by atoms with Gasteiger partial charge < -0.3 is 10.0 Å². The molecule has 4 heteroatoms. The Bertz CT molecular complexity index is 389. The van der Waals surface area contributed by atoms with Crippen LogP contribution in [-0.4, -0.2) is 28.6 Å². The van der Waals surface area contributed by atoms with E-state index >= 15 is 0 Å². The van der Waals surface area contributed by atoms with E-state index in [0.29, 0.717) is 0 Å². The molecule has 0 saturated carbocycles. The van der Waals surface area contributed by atoms with Crippen LogP contribution in [0.4, 0.5) is 5.69 Å². The van der Waals surface area contributed by atoms with Crippen molar-refractivity contribution >= 4 is 11.7 Å². The van der Waals surface area contributed by atoms with E-state index in [1.807, 2.05) is 33.8 Å². The quantitative estimate of drug-likeness (QED) is 0.849. The van der Waals surface area contributed by atoms with Gasteiger partial charge in [-0.25, -0.2) is 4.79 Å². The molecule has 1 aromatic rings. The molecule has 1 N–H and O–H groups in total. The number of aryl methyl sites for hydroxylation is 1. The lowest BCUT2D eigenvalue weighted by molar-refractivity contribution is 0.0697. The molecule has 0 aliphatic carbocycles. The molecule has 0 aromatic carbocycles. The van der Waals surface area contributed by atoms with Crippen LogP contribution in [0.15, 0.2) is 12.3 Å². The van der Waals surface area contributed by atoms with Crippen molar-refractivity contribution in [2.45, 2.75) is 33.7 Å². The van der Waals surface area contributed by atoms with Crippen LogP contribution in [0.2, 0.25) is 0 Å². The second kappa shape index (κ2) is 4.96. The number of hydrogen-bond acceptors (Lipinski definition) is 3. The number of anilines is 1. The summed E-state index contributed by atoms with van der Waals surface area (Å²) in [6, 6.07) is 2.09. The molecular formula is C12H18N2O2. The third-order valence-corrected chi connectivity index (χ3v) is 2.52. The Morgan fingerprint density at radius 1 is 1.56 bits per heavy atom. The van der Waals surface area contributed by atoms with Crippen molar-refractivity contribution in [3.63, 3.8) is 0 Å². The summed E-state index contributed by atoms with van der Waals surface area (Å²) in [5.74, 6) is -0.929. The first-order valence-electron chi connectivity index (χ1n) is 5.44. The maximum absolute atomic E-state index is 11.1. The smallest absolute Gasteiger partial charge is 0.339 e. The topological polar surface area (TPSA) is 53.4 Å². The normalized spacial score (nSPS) is 10.6. The van der Waals surface area contributed by atoms with Crippen LogP contribution in [0.5, 0.6) is 0 Å². The van der Waals surface area contributed by atoms with E-state index in [1.54, 1.807) is 0 Å². The van der Waals surface area contributed by atoms with E-state index in [-0.39, 0.29) is 11.6 Å². The Morgan fingerprint density at radius 2 is 2.19 bits per heavy atom. The summed E-state index contributed by atoms with van der Waals surface area (Å²) < 4.78 is 0. The lowest BCUT2D eigenvalue weighted by atomic mass is 10.1. The van der Waals surface area contributed by atoms with Gasteiger partial charge in [0.2, 0.25) is 0 Å². The maximum atomic E-state index is 11.1. The molecule has 0 fully saturated rings. The average molecular weight is 222 g/mol. The fourth-order valence-corrected chi connectivity index (χ4v) is 1.76. The standard InChI is InChI=1S/C12H18N2O2/c1-5-14(8(2)3)11-6-9(4)13-7-10(11)12(15)16/h6-8H,5H2,1-4H3,(H,15,16). The molecule has 4 nitrogen and oxygen atoms in total. The van der Waals surface area contributed by atoms with E-state index in [9.17, 15) is 4.79 Å². The van der Waals surface area contributed by atoms with Crippen LogP contribution < -0.4 is 4.90 Å². The molecule has 0 atom stereocenters. The minimum atomic E-state index is -0.929. The Labute approximate surface area is 95.9 Å². The highest BCUT2D eigenvalue weighted by Gasteiger charge is 2.17. The van der Waals surface area contributed by atoms with Crippen molar-refractivity contribution in [2.75, 3.05) is 11.4 Å². The van der Waals surface area contributed by atoms with Gasteiger partial charge in [-0.3, -0.25) is 4.98 Å². The monoisotopic (exact) mass is 222 g/mol. The van der Waals surface area contributed by atoms with Crippen molar-refractivity contribution in [3.8, 4) is 0 Å². The van der Waals surface area contributed by atoms with Gasteiger partial charge in [-0.15, -0.1) is 0 Å². The molecule has 1 heterocycles. The van der Waals surface area contributed by atoms with Crippen molar-refractivity contribution in [1.29, 1.82) is 0 Å². The first-order valence-corrected chi connectivity index (χ1v) is 5.44. The predicted molar refractivity (Wildman–Crippen MR) is 64.1 cm³/mol.